The molecular formula is C11H14BrNO2. The number of hydrogen-bond donors (Lipinski definition) is 1. The molecule has 0 saturated carbocycles. The zero-order chi connectivity index (χ0) is 11.3. The topological polar surface area (TPSA) is 52.3 Å². The first-order chi connectivity index (χ1) is 7.19. The molecule has 0 amide bonds. The molecule has 0 saturated heterocycles. The molecule has 0 heterocycles. The summed E-state index contributed by atoms with van der Waals surface area (Å²) >= 11 is 3.24. The number of benzene rings is 1. The first kappa shape index (κ1) is 12.0. The number of carbonyl (C=O) groups is 1. The highest BCUT2D eigenvalue weighted by Gasteiger charge is 2.11. The zero-order valence-corrected chi connectivity index (χ0v) is 10.2. The minimum atomic E-state index is 0.0651. The van der Waals surface area contributed by atoms with Crippen molar-refractivity contribution in [2.45, 2.75) is 13.3 Å². The van der Waals surface area contributed by atoms with E-state index < -0.39 is 0 Å². The van der Waals surface area contributed by atoms with Gasteiger partial charge in [0, 0.05) is 23.5 Å². The van der Waals surface area contributed by atoms with Gasteiger partial charge in [0.15, 0.2) is 5.78 Å². The van der Waals surface area contributed by atoms with Crippen LogP contribution in [-0.4, -0.2) is 17.7 Å². The first-order valence-electron chi connectivity index (χ1n) is 4.80. The van der Waals surface area contributed by atoms with E-state index >= 15 is 0 Å². The predicted octanol–water partition coefficient (Wildman–Crippen LogP) is 2.64. The first-order valence-corrected chi connectivity index (χ1v) is 5.92. The SMILES string of the molecule is CCOc1cc(N)ccc1C(=O)CCBr. The highest BCUT2D eigenvalue weighted by atomic mass is 79.9. The molecule has 0 fully saturated rings. The molecule has 0 unspecified atom stereocenters. The van der Waals surface area contributed by atoms with Gasteiger partial charge >= 0.3 is 0 Å². The van der Waals surface area contributed by atoms with Crippen molar-refractivity contribution in [2.24, 2.45) is 0 Å². The van der Waals surface area contributed by atoms with Gasteiger partial charge in [-0.25, -0.2) is 0 Å². The molecule has 0 aliphatic rings. The normalized spacial score (nSPS) is 10.0. The Morgan fingerprint density at radius 3 is 2.87 bits per heavy atom. The molecule has 1 aromatic rings. The standard InChI is InChI=1S/C11H14BrNO2/c1-2-15-11-7-8(13)3-4-9(11)10(14)5-6-12/h3-4,7H,2,5-6,13H2,1H3. The third-order valence-electron chi connectivity index (χ3n) is 1.93. The Morgan fingerprint density at radius 2 is 2.27 bits per heavy atom. The molecule has 0 aliphatic heterocycles. The molecule has 1 rings (SSSR count). The largest absolute Gasteiger partial charge is 0.493 e. The Labute approximate surface area is 97.7 Å². The Morgan fingerprint density at radius 1 is 1.53 bits per heavy atom. The average molecular weight is 272 g/mol. The third kappa shape index (κ3) is 3.23. The number of rotatable bonds is 5. The quantitative estimate of drug-likeness (QED) is 0.509. The summed E-state index contributed by atoms with van der Waals surface area (Å²) in [7, 11) is 0. The smallest absolute Gasteiger partial charge is 0.167 e. The second-order valence-electron chi connectivity index (χ2n) is 3.05. The molecule has 0 spiro atoms. The molecule has 15 heavy (non-hydrogen) atoms. The minimum absolute atomic E-state index is 0.0651. The van der Waals surface area contributed by atoms with Crippen LogP contribution in [0, 0.1) is 0 Å². The highest BCUT2D eigenvalue weighted by Crippen LogP contribution is 2.23. The summed E-state index contributed by atoms with van der Waals surface area (Å²) in [6.45, 7) is 2.40. The Balaban J connectivity index is 2.99. The number of ether oxygens (including phenoxy) is 1. The monoisotopic (exact) mass is 271 g/mol. The van der Waals surface area contributed by atoms with Crippen molar-refractivity contribution >= 4 is 27.4 Å². The third-order valence-corrected chi connectivity index (χ3v) is 2.32. The lowest BCUT2D eigenvalue weighted by Crippen LogP contribution is -2.05. The lowest BCUT2D eigenvalue weighted by molar-refractivity contribution is 0.0986. The van der Waals surface area contributed by atoms with Crippen LogP contribution in [0.5, 0.6) is 5.75 Å². The van der Waals surface area contributed by atoms with Gasteiger partial charge in [-0.1, -0.05) is 15.9 Å². The number of halogens is 1. The van der Waals surface area contributed by atoms with E-state index in [2.05, 4.69) is 15.9 Å². The van der Waals surface area contributed by atoms with Gasteiger partial charge in [-0.2, -0.15) is 0 Å². The Hall–Kier alpha value is -1.03. The molecule has 0 atom stereocenters. The second kappa shape index (κ2) is 5.75. The van der Waals surface area contributed by atoms with E-state index in [9.17, 15) is 4.79 Å². The van der Waals surface area contributed by atoms with Crippen molar-refractivity contribution in [3.63, 3.8) is 0 Å². The lowest BCUT2D eigenvalue weighted by atomic mass is 10.1. The Bertz CT molecular complexity index is 352. The fourth-order valence-electron chi connectivity index (χ4n) is 1.26. The van der Waals surface area contributed by atoms with Crippen molar-refractivity contribution in [3.05, 3.63) is 23.8 Å². The molecular weight excluding hydrogens is 258 g/mol. The fourth-order valence-corrected chi connectivity index (χ4v) is 1.62. The van der Waals surface area contributed by atoms with E-state index in [1.165, 1.54) is 0 Å². The average Bonchev–Trinajstić information content (AvgIpc) is 2.18. The molecule has 0 aromatic heterocycles. The summed E-state index contributed by atoms with van der Waals surface area (Å²) in [6.07, 6.45) is 0.462. The van der Waals surface area contributed by atoms with Gasteiger partial charge in [-0.05, 0) is 19.1 Å². The summed E-state index contributed by atoms with van der Waals surface area (Å²) in [6, 6.07) is 5.11. The maximum Gasteiger partial charge on any atom is 0.167 e. The van der Waals surface area contributed by atoms with Gasteiger partial charge in [0.25, 0.3) is 0 Å². The maximum atomic E-state index is 11.7. The van der Waals surface area contributed by atoms with Crippen LogP contribution >= 0.6 is 15.9 Å². The molecule has 82 valence electrons. The van der Waals surface area contributed by atoms with E-state index in [-0.39, 0.29) is 5.78 Å². The molecule has 1 aromatic carbocycles. The summed E-state index contributed by atoms with van der Waals surface area (Å²) in [4.78, 5) is 11.7. The molecule has 4 heteroatoms. The molecule has 0 radical (unpaired) electrons. The predicted molar refractivity (Wildman–Crippen MR) is 64.8 cm³/mol. The van der Waals surface area contributed by atoms with Crippen LogP contribution in [0.15, 0.2) is 18.2 Å². The van der Waals surface area contributed by atoms with Crippen LogP contribution in [0.3, 0.4) is 0 Å². The number of carbonyl (C=O) groups excluding carboxylic acids is 1. The van der Waals surface area contributed by atoms with Crippen LogP contribution in [-0.2, 0) is 0 Å². The van der Waals surface area contributed by atoms with Crippen molar-refractivity contribution < 1.29 is 9.53 Å². The summed E-state index contributed by atoms with van der Waals surface area (Å²) in [5.41, 5.74) is 6.84. The summed E-state index contributed by atoms with van der Waals surface area (Å²) in [5.74, 6) is 0.638. The van der Waals surface area contributed by atoms with E-state index in [1.807, 2.05) is 6.92 Å². The molecule has 0 aliphatic carbocycles. The van der Waals surface area contributed by atoms with E-state index in [4.69, 9.17) is 10.5 Å². The lowest BCUT2D eigenvalue weighted by Gasteiger charge is -2.09. The number of hydrogen-bond acceptors (Lipinski definition) is 3. The van der Waals surface area contributed by atoms with Crippen molar-refractivity contribution in [3.8, 4) is 5.75 Å². The van der Waals surface area contributed by atoms with Gasteiger partial charge < -0.3 is 10.5 Å². The molecule has 3 nitrogen and oxygen atoms in total. The second-order valence-corrected chi connectivity index (χ2v) is 3.84. The van der Waals surface area contributed by atoms with Crippen molar-refractivity contribution in [2.75, 3.05) is 17.7 Å². The van der Waals surface area contributed by atoms with Crippen molar-refractivity contribution in [1.82, 2.24) is 0 Å². The van der Waals surface area contributed by atoms with Crippen LogP contribution in [0.25, 0.3) is 0 Å². The summed E-state index contributed by atoms with van der Waals surface area (Å²) < 4.78 is 5.37. The number of ketones is 1. The molecule has 0 bridgehead atoms. The van der Waals surface area contributed by atoms with Gasteiger partial charge in [-0.15, -0.1) is 0 Å². The van der Waals surface area contributed by atoms with Gasteiger partial charge in [0.2, 0.25) is 0 Å². The van der Waals surface area contributed by atoms with Crippen LogP contribution in [0.1, 0.15) is 23.7 Å². The zero-order valence-electron chi connectivity index (χ0n) is 8.63. The van der Waals surface area contributed by atoms with Gasteiger partial charge in [-0.3, -0.25) is 4.79 Å². The van der Waals surface area contributed by atoms with E-state index in [0.717, 1.165) is 0 Å². The number of Topliss-reactive ketones (excluding diaryl/α,β-unsaturated/α-hetero) is 1. The number of anilines is 1. The van der Waals surface area contributed by atoms with Crippen molar-refractivity contribution in [1.29, 1.82) is 0 Å². The number of alkyl halides is 1. The highest BCUT2D eigenvalue weighted by molar-refractivity contribution is 9.09. The van der Waals surface area contributed by atoms with Crippen LogP contribution < -0.4 is 10.5 Å². The number of nitrogens with two attached hydrogens (primary N) is 1. The molecule has 2 N–H and O–H groups in total. The number of nitrogen functional groups attached to an aromatic ring is 1. The Kier molecular flexibility index (Phi) is 4.62. The fraction of sp³-hybridized carbons (Fsp3) is 0.364. The minimum Gasteiger partial charge on any atom is -0.493 e. The summed E-state index contributed by atoms with van der Waals surface area (Å²) in [5, 5.41) is 0.655. The maximum absolute atomic E-state index is 11.7. The van der Waals surface area contributed by atoms with E-state index in [0.29, 0.717) is 35.4 Å². The van der Waals surface area contributed by atoms with E-state index in [1.54, 1.807) is 18.2 Å². The van der Waals surface area contributed by atoms with Gasteiger partial charge in [0.05, 0.1) is 12.2 Å². The van der Waals surface area contributed by atoms with Crippen LogP contribution in [0.2, 0.25) is 0 Å². The van der Waals surface area contributed by atoms with Gasteiger partial charge in [0.1, 0.15) is 5.75 Å². The van der Waals surface area contributed by atoms with Crippen LogP contribution in [0.4, 0.5) is 5.69 Å².